The average molecular weight is 1150 g/mol. The lowest BCUT2D eigenvalue weighted by molar-refractivity contribution is -0.166. The Balaban J connectivity index is 4.24. The molecule has 6 nitrogen and oxygen atoms in total. The van der Waals surface area contributed by atoms with Crippen LogP contribution in [0.2, 0.25) is 0 Å². The molecule has 1 atom stereocenters. The van der Waals surface area contributed by atoms with Crippen LogP contribution in [0.1, 0.15) is 387 Å². The zero-order chi connectivity index (χ0) is 59.2. The second kappa shape index (κ2) is 70.6. The molecule has 1 unspecified atom stereocenters. The smallest absolute Gasteiger partial charge is 0.306 e. The van der Waals surface area contributed by atoms with E-state index in [9.17, 15) is 14.4 Å². The molecule has 0 aromatic heterocycles. The Morgan fingerprint density at radius 3 is 0.817 bits per heavy atom. The van der Waals surface area contributed by atoms with E-state index in [0.717, 1.165) is 64.2 Å². The fourth-order valence-electron chi connectivity index (χ4n) is 10.9. The maximum Gasteiger partial charge on any atom is 0.306 e. The Bertz CT molecular complexity index is 1460. The van der Waals surface area contributed by atoms with Crippen molar-refractivity contribution in [2.45, 2.75) is 393 Å². The van der Waals surface area contributed by atoms with Crippen LogP contribution in [0.5, 0.6) is 0 Å². The second-order valence-electron chi connectivity index (χ2n) is 24.5. The van der Waals surface area contributed by atoms with Crippen LogP contribution < -0.4 is 0 Å². The van der Waals surface area contributed by atoms with Crippen molar-refractivity contribution in [2.75, 3.05) is 13.2 Å². The van der Waals surface area contributed by atoms with Gasteiger partial charge >= 0.3 is 17.9 Å². The van der Waals surface area contributed by atoms with E-state index in [2.05, 4.69) is 75.5 Å². The first-order valence-electron chi connectivity index (χ1n) is 36.3. The van der Waals surface area contributed by atoms with Gasteiger partial charge in [-0.1, -0.05) is 358 Å². The summed E-state index contributed by atoms with van der Waals surface area (Å²) in [6, 6.07) is 0. The van der Waals surface area contributed by atoms with Crippen LogP contribution in [-0.4, -0.2) is 37.2 Å². The van der Waals surface area contributed by atoms with E-state index in [4.69, 9.17) is 14.2 Å². The van der Waals surface area contributed by atoms with E-state index < -0.39 is 6.10 Å². The minimum absolute atomic E-state index is 0.0918. The summed E-state index contributed by atoms with van der Waals surface area (Å²) < 4.78 is 16.9. The van der Waals surface area contributed by atoms with Gasteiger partial charge in [0.1, 0.15) is 13.2 Å². The van der Waals surface area contributed by atoms with Gasteiger partial charge in [0.2, 0.25) is 0 Å². The number of allylic oxidation sites excluding steroid dienone is 10. The Morgan fingerprint density at radius 1 is 0.256 bits per heavy atom. The standard InChI is InChI=1S/C76H138O6/c1-4-7-10-13-16-19-22-25-27-29-31-33-35-37-38-39-41-42-44-46-48-51-54-57-60-63-66-69-75(78)81-72-73(71-80-74(77)68-65-62-59-56-53-50-24-21-18-15-12-9-6-3)82-76(79)70-67-64-61-58-55-52-49-47-45-43-40-36-34-32-30-28-26-23-20-17-14-11-8-5-2/h9,12,18,21,29,31,50,53,59,62,73H,4-8,10-11,13-17,19-20,22-28,30,32-49,51-52,54-58,60-61,63-72H2,1-3H3/b12-9-,21-18-,31-29-,53-50-,62-59-. The fourth-order valence-corrected chi connectivity index (χ4v) is 10.9. The molecule has 82 heavy (non-hydrogen) atoms. The van der Waals surface area contributed by atoms with E-state index in [-0.39, 0.29) is 37.5 Å². The van der Waals surface area contributed by atoms with Crippen LogP contribution in [0.25, 0.3) is 0 Å². The Hall–Kier alpha value is -2.89. The third-order valence-electron chi connectivity index (χ3n) is 16.3. The molecule has 0 bridgehead atoms. The zero-order valence-electron chi connectivity index (χ0n) is 55.0. The Morgan fingerprint density at radius 2 is 0.500 bits per heavy atom. The number of hydrogen-bond acceptors (Lipinski definition) is 6. The van der Waals surface area contributed by atoms with Crippen molar-refractivity contribution < 1.29 is 28.6 Å². The lowest BCUT2D eigenvalue weighted by Gasteiger charge is -2.18. The summed E-state index contributed by atoms with van der Waals surface area (Å²) in [6.45, 7) is 6.53. The van der Waals surface area contributed by atoms with Crippen molar-refractivity contribution in [3.8, 4) is 0 Å². The highest BCUT2D eigenvalue weighted by molar-refractivity contribution is 5.71. The van der Waals surface area contributed by atoms with Crippen LogP contribution in [0, 0.1) is 0 Å². The summed E-state index contributed by atoms with van der Waals surface area (Å²) in [6.07, 6.45) is 91.5. The van der Waals surface area contributed by atoms with Gasteiger partial charge in [0.25, 0.3) is 0 Å². The van der Waals surface area contributed by atoms with Gasteiger partial charge in [-0.15, -0.1) is 0 Å². The van der Waals surface area contributed by atoms with Gasteiger partial charge in [-0.05, 0) is 70.6 Å². The van der Waals surface area contributed by atoms with Crippen LogP contribution in [0.4, 0.5) is 0 Å². The highest BCUT2D eigenvalue weighted by atomic mass is 16.6. The molecule has 0 aliphatic rings. The van der Waals surface area contributed by atoms with Gasteiger partial charge in [-0.2, -0.15) is 0 Å². The molecule has 0 aromatic carbocycles. The van der Waals surface area contributed by atoms with Gasteiger partial charge in [0.15, 0.2) is 6.10 Å². The lowest BCUT2D eigenvalue weighted by Crippen LogP contribution is -2.30. The van der Waals surface area contributed by atoms with E-state index in [1.165, 1.54) is 276 Å². The van der Waals surface area contributed by atoms with Gasteiger partial charge in [0.05, 0.1) is 0 Å². The number of esters is 3. The van der Waals surface area contributed by atoms with E-state index in [1.54, 1.807) is 0 Å². The van der Waals surface area contributed by atoms with Crippen molar-refractivity contribution in [1.29, 1.82) is 0 Å². The minimum Gasteiger partial charge on any atom is -0.462 e. The molecule has 0 heterocycles. The van der Waals surface area contributed by atoms with Crippen LogP contribution in [0.3, 0.4) is 0 Å². The monoisotopic (exact) mass is 1150 g/mol. The molecular formula is C76H138O6. The third-order valence-corrected chi connectivity index (χ3v) is 16.3. The number of carbonyl (C=O) groups is 3. The first-order chi connectivity index (χ1) is 40.5. The molecule has 0 rings (SSSR count). The normalized spacial score (nSPS) is 12.4. The molecule has 0 fully saturated rings. The first kappa shape index (κ1) is 79.1. The molecular weight excluding hydrogens is 1010 g/mol. The summed E-state index contributed by atoms with van der Waals surface area (Å²) in [5, 5.41) is 0. The molecule has 0 aromatic rings. The Kier molecular flexibility index (Phi) is 68.1. The quantitative estimate of drug-likeness (QED) is 0.0261. The van der Waals surface area contributed by atoms with E-state index in [1.807, 2.05) is 6.08 Å². The maximum absolute atomic E-state index is 13.0. The predicted molar refractivity (Wildman–Crippen MR) is 358 cm³/mol. The van der Waals surface area contributed by atoms with Gasteiger partial charge in [-0.3, -0.25) is 14.4 Å². The van der Waals surface area contributed by atoms with Crippen LogP contribution in [0.15, 0.2) is 60.8 Å². The van der Waals surface area contributed by atoms with Gasteiger partial charge < -0.3 is 14.2 Å². The fraction of sp³-hybridized carbons (Fsp3) is 0.829. The number of rotatable bonds is 67. The van der Waals surface area contributed by atoms with Gasteiger partial charge in [-0.25, -0.2) is 0 Å². The van der Waals surface area contributed by atoms with Crippen molar-refractivity contribution in [1.82, 2.24) is 0 Å². The molecule has 0 amide bonds. The molecule has 0 aliphatic heterocycles. The predicted octanol–water partition coefficient (Wildman–Crippen LogP) is 25.1. The zero-order valence-corrected chi connectivity index (χ0v) is 55.0. The number of hydrogen-bond donors (Lipinski definition) is 0. The average Bonchev–Trinajstić information content (AvgIpc) is 3.47. The SMILES string of the molecule is CC/C=C\C/C=C\C/C=C\C/C=C\CCC(=O)OCC(COC(=O)CCCCCCCCCCCCCCCCC/C=C\CCCCCCCCCC)OC(=O)CCCCCCCCCCCCCCCCCCCCCCCCCC. The summed E-state index contributed by atoms with van der Waals surface area (Å²) >= 11 is 0. The molecule has 0 saturated heterocycles. The molecule has 0 N–H and O–H groups in total. The summed E-state index contributed by atoms with van der Waals surface area (Å²) in [5.74, 6) is -0.952. The number of ether oxygens (including phenoxy) is 3. The molecule has 0 aliphatic carbocycles. The topological polar surface area (TPSA) is 78.9 Å². The molecule has 0 saturated carbocycles. The van der Waals surface area contributed by atoms with Crippen LogP contribution >= 0.6 is 0 Å². The lowest BCUT2D eigenvalue weighted by atomic mass is 10.0. The maximum atomic E-state index is 13.0. The van der Waals surface area contributed by atoms with Crippen molar-refractivity contribution >= 4 is 17.9 Å². The number of carbonyl (C=O) groups excluding carboxylic acids is 3. The first-order valence-corrected chi connectivity index (χ1v) is 36.3. The number of unbranched alkanes of at least 4 members (excludes halogenated alkanes) is 46. The van der Waals surface area contributed by atoms with E-state index >= 15 is 0 Å². The minimum atomic E-state index is -0.802. The third kappa shape index (κ3) is 67.9. The summed E-state index contributed by atoms with van der Waals surface area (Å²) in [4.78, 5) is 38.4. The molecule has 6 heteroatoms. The van der Waals surface area contributed by atoms with Gasteiger partial charge in [0, 0.05) is 19.3 Å². The van der Waals surface area contributed by atoms with E-state index in [0.29, 0.717) is 19.3 Å². The molecule has 478 valence electrons. The highest BCUT2D eigenvalue weighted by Gasteiger charge is 2.19. The molecule has 0 radical (unpaired) electrons. The summed E-state index contributed by atoms with van der Waals surface area (Å²) in [5.41, 5.74) is 0. The Labute approximate surface area is 510 Å². The second-order valence-corrected chi connectivity index (χ2v) is 24.5. The van der Waals surface area contributed by atoms with Crippen molar-refractivity contribution in [2.24, 2.45) is 0 Å². The highest BCUT2D eigenvalue weighted by Crippen LogP contribution is 2.19. The molecule has 0 spiro atoms. The van der Waals surface area contributed by atoms with Crippen molar-refractivity contribution in [3.63, 3.8) is 0 Å². The van der Waals surface area contributed by atoms with Crippen LogP contribution in [-0.2, 0) is 28.6 Å². The summed E-state index contributed by atoms with van der Waals surface area (Å²) in [7, 11) is 0. The largest absolute Gasteiger partial charge is 0.462 e. The van der Waals surface area contributed by atoms with Crippen molar-refractivity contribution in [3.05, 3.63) is 60.8 Å².